The third-order valence-corrected chi connectivity index (χ3v) is 0.278. The molecule has 0 atom stereocenters. The Hall–Kier alpha value is -0.620. The molecule has 0 radical (unpaired) electrons. The van der Waals surface area contributed by atoms with Gasteiger partial charge in [-0.05, 0) is 0 Å². The van der Waals surface area contributed by atoms with Gasteiger partial charge >= 0.3 is 0 Å². The van der Waals surface area contributed by atoms with Crippen LogP contribution in [0.3, 0.4) is 0 Å². The average molecular weight is 87.1 g/mol. The predicted molar refractivity (Wildman–Crippen MR) is 20.9 cm³/mol. The molecule has 0 amide bonds. The van der Waals surface area contributed by atoms with E-state index in [0.29, 0.717) is 0 Å². The molecule has 0 aliphatic heterocycles. The van der Waals surface area contributed by atoms with Gasteiger partial charge < -0.3 is 0 Å². The first-order valence-electron chi connectivity index (χ1n) is 0.871. The first-order valence-corrected chi connectivity index (χ1v) is 1.61. The highest BCUT2D eigenvalue weighted by Gasteiger charge is 1.27. The summed E-state index contributed by atoms with van der Waals surface area (Å²) >= 11 is 0.103. The van der Waals surface area contributed by atoms with Crippen molar-refractivity contribution in [1.82, 2.24) is 0 Å². The zero-order valence-electron chi connectivity index (χ0n) is 2.32. The van der Waals surface area contributed by atoms with Crippen LogP contribution in [0.25, 0.3) is 0 Å². The van der Waals surface area contributed by atoms with Crippen LogP contribution in [0.4, 0.5) is 0 Å². The summed E-state index contributed by atoms with van der Waals surface area (Å²) in [6.45, 7) is 0. The Balaban J connectivity index is 4.38. The molecule has 0 bridgehead atoms. The quantitative estimate of drug-likeness (QED) is 0.311. The van der Waals surface area contributed by atoms with Gasteiger partial charge in [0, 0.05) is 5.87 Å². The van der Waals surface area contributed by atoms with Crippen LogP contribution in [0, 0.1) is 5.41 Å². The van der Waals surface area contributed by atoms with E-state index in [1.54, 1.807) is 5.87 Å². The van der Waals surface area contributed by atoms with E-state index in [1.807, 2.05) is 5.02 Å². The molecule has 0 saturated heterocycles. The summed E-state index contributed by atoms with van der Waals surface area (Å²) in [4.78, 5) is 0. The average Bonchev–Trinajstić information content (AvgIpc) is 1.41. The minimum Gasteiger partial charge on any atom is -0.250 e. The van der Waals surface area contributed by atoms with Crippen molar-refractivity contribution in [2.24, 2.45) is 0 Å². The second kappa shape index (κ2) is 3.38. The van der Waals surface area contributed by atoms with Crippen molar-refractivity contribution in [2.75, 3.05) is 0 Å². The first-order chi connectivity index (χ1) is 2.41. The summed E-state index contributed by atoms with van der Waals surface area (Å²) in [7, 11) is 0. The van der Waals surface area contributed by atoms with E-state index in [-0.39, 0.29) is 11.3 Å². The molecule has 3 heteroatoms. The number of rotatable bonds is 0. The Morgan fingerprint density at radius 2 is 2.40 bits per heavy atom. The van der Waals surface area contributed by atoms with E-state index < -0.39 is 0 Å². The summed E-state index contributed by atoms with van der Waals surface area (Å²) in [6.07, 6.45) is 0. The molecular weight excluding hydrogens is 86.1 g/mol. The Bertz CT molecular complexity index is 102. The van der Waals surface area contributed by atoms with Crippen molar-refractivity contribution in [3.63, 3.8) is 0 Å². The van der Waals surface area contributed by atoms with Gasteiger partial charge in [-0.3, -0.25) is 5.41 Å². The molecule has 0 aromatic rings. The molecule has 0 aromatic carbocycles. The molecule has 5 heavy (non-hydrogen) atoms. The lowest BCUT2D eigenvalue weighted by Crippen LogP contribution is -1.42. The predicted octanol–water partition coefficient (Wildman–Crippen LogP) is -0.595. The molecule has 0 rings (SSSR count). The molecule has 0 saturated carbocycles. The Kier molecular flexibility index (Phi) is 2.96. The molecule has 0 heterocycles. The van der Waals surface area contributed by atoms with Crippen LogP contribution in [0.2, 0.25) is 0 Å². The Labute approximate surface area is 32.7 Å². The molecule has 0 aliphatic carbocycles. The molecule has 26 valence electrons. The summed E-state index contributed by atoms with van der Waals surface area (Å²) in [5, 5.41) is 7.91. The molecule has 0 aromatic heterocycles. The zero-order chi connectivity index (χ0) is 4.12. The summed E-state index contributed by atoms with van der Waals surface area (Å²) in [5.74, 6) is 1.67. The van der Waals surface area contributed by atoms with E-state index in [4.69, 9.17) is 9.62 Å². The van der Waals surface area contributed by atoms with E-state index in [0.717, 1.165) is 0 Å². The summed E-state index contributed by atoms with van der Waals surface area (Å²) in [5.41, 5.74) is 0. The smallest absolute Gasteiger partial charge is 0.152 e. The van der Waals surface area contributed by atoms with Gasteiger partial charge in [0.2, 0.25) is 0 Å². The van der Waals surface area contributed by atoms with E-state index >= 15 is 0 Å². The van der Waals surface area contributed by atoms with Crippen molar-refractivity contribution >= 4 is 22.1 Å². The topological polar surface area (TPSA) is 40.9 Å². The highest BCUT2D eigenvalue weighted by molar-refractivity contribution is 7.64. The lowest BCUT2D eigenvalue weighted by Gasteiger charge is -1.21. The Morgan fingerprint density at radius 1 is 1.80 bits per heavy atom. The van der Waals surface area contributed by atoms with Crippen LogP contribution in [-0.2, 0) is 11.3 Å². The maximum absolute atomic E-state index is 9.15. The van der Waals surface area contributed by atoms with E-state index in [9.17, 15) is 0 Å². The van der Waals surface area contributed by atoms with Gasteiger partial charge in [0.05, 0.1) is 5.02 Å². The van der Waals surface area contributed by atoms with Crippen LogP contribution in [-0.4, -0.2) is 15.1 Å². The van der Waals surface area contributed by atoms with E-state index in [1.165, 1.54) is 0 Å². The SMILES string of the molecule is N=C=C=S=O. The van der Waals surface area contributed by atoms with E-state index in [2.05, 4.69) is 0 Å². The molecule has 0 aliphatic rings. The monoisotopic (exact) mass is 87.0 g/mol. The van der Waals surface area contributed by atoms with Gasteiger partial charge in [0.15, 0.2) is 11.3 Å². The lowest BCUT2D eigenvalue weighted by molar-refractivity contribution is 0.701. The lowest BCUT2D eigenvalue weighted by atomic mass is 11.2. The molecule has 2 nitrogen and oxygen atoms in total. The second-order valence-electron chi connectivity index (χ2n) is 0.310. The third kappa shape index (κ3) is 3.38. The van der Waals surface area contributed by atoms with Crippen molar-refractivity contribution in [3.8, 4) is 0 Å². The molecule has 0 unspecified atom stereocenters. The third-order valence-electron chi connectivity index (χ3n) is 0.0927. The zero-order valence-corrected chi connectivity index (χ0v) is 3.13. The van der Waals surface area contributed by atoms with Crippen molar-refractivity contribution in [1.29, 1.82) is 5.41 Å². The number of hydrogen-bond donors (Lipinski definition) is 1. The normalized spacial score (nSPS) is 4.00. The maximum Gasteiger partial charge on any atom is 0.152 e. The highest BCUT2D eigenvalue weighted by Crippen LogP contribution is 1.06. The minimum absolute atomic E-state index is 0.103. The van der Waals surface area contributed by atoms with Crippen molar-refractivity contribution in [3.05, 3.63) is 0 Å². The number of nitrogens with one attached hydrogen (secondary N) is 1. The fraction of sp³-hybridized carbons (Fsp3) is 0. The molecule has 0 fully saturated rings. The first kappa shape index (κ1) is 4.38. The Morgan fingerprint density at radius 3 is 2.40 bits per heavy atom. The maximum atomic E-state index is 9.15. The fourth-order valence-corrected chi connectivity index (χ4v) is 0.0625. The van der Waals surface area contributed by atoms with Crippen molar-refractivity contribution < 1.29 is 4.21 Å². The summed E-state index contributed by atoms with van der Waals surface area (Å²) < 4.78 is 9.15. The number of hydrogen-bond acceptors (Lipinski definition) is 2. The molecular formula is C2HNOS. The van der Waals surface area contributed by atoms with Crippen molar-refractivity contribution in [2.45, 2.75) is 0 Å². The molecule has 1 N–H and O–H groups in total. The van der Waals surface area contributed by atoms with Gasteiger partial charge in [-0.25, -0.2) is 4.21 Å². The van der Waals surface area contributed by atoms with Gasteiger partial charge in [-0.15, -0.1) is 0 Å². The highest BCUT2D eigenvalue weighted by atomic mass is 32.1. The largest absolute Gasteiger partial charge is 0.250 e. The van der Waals surface area contributed by atoms with Crippen LogP contribution in [0.5, 0.6) is 0 Å². The molecule has 0 spiro atoms. The van der Waals surface area contributed by atoms with Crippen LogP contribution < -0.4 is 0 Å². The van der Waals surface area contributed by atoms with Gasteiger partial charge in [-0.1, -0.05) is 0 Å². The van der Waals surface area contributed by atoms with Crippen LogP contribution in [0.15, 0.2) is 0 Å². The van der Waals surface area contributed by atoms with Gasteiger partial charge in [0.1, 0.15) is 0 Å². The van der Waals surface area contributed by atoms with Crippen LogP contribution >= 0.6 is 0 Å². The summed E-state index contributed by atoms with van der Waals surface area (Å²) in [6, 6.07) is 0. The van der Waals surface area contributed by atoms with Gasteiger partial charge in [-0.2, -0.15) is 0 Å². The fourth-order valence-electron chi connectivity index (χ4n) is 0.0208. The van der Waals surface area contributed by atoms with Gasteiger partial charge in [0.25, 0.3) is 0 Å². The second-order valence-corrected chi connectivity index (χ2v) is 0.681. The standard InChI is InChI=1S/C2HNOS/c3-1-2-5-4/h3H. The van der Waals surface area contributed by atoms with Crippen LogP contribution in [0.1, 0.15) is 0 Å². The minimum atomic E-state index is 0.103.